The van der Waals surface area contributed by atoms with Crippen molar-refractivity contribution in [3.63, 3.8) is 0 Å². The van der Waals surface area contributed by atoms with E-state index in [4.69, 9.17) is 27.6 Å². The zero-order valence-electron chi connectivity index (χ0n) is 53.0. The average molecular weight is 1180 g/mol. The van der Waals surface area contributed by atoms with Crippen LogP contribution < -0.4 is 16.0 Å². The highest BCUT2D eigenvalue weighted by molar-refractivity contribution is 7.44. The number of ether oxygens (including phenoxy) is 2. The molecular formula is C62H123N5O11P2. The van der Waals surface area contributed by atoms with Gasteiger partial charge in [-0.3, -0.25) is 14.4 Å². The summed E-state index contributed by atoms with van der Waals surface area (Å²) in [4.78, 5) is 49.4. The van der Waals surface area contributed by atoms with E-state index < -0.39 is 23.1 Å². The number of nitrogens with one attached hydrogen (secondary N) is 3. The molecule has 0 aliphatic rings. The van der Waals surface area contributed by atoms with Gasteiger partial charge in [0.25, 0.3) is 17.1 Å². The topological polar surface area (TPSA) is 186 Å². The van der Waals surface area contributed by atoms with Gasteiger partial charge in [-0.1, -0.05) is 161 Å². The van der Waals surface area contributed by atoms with Crippen molar-refractivity contribution in [2.45, 2.75) is 292 Å². The van der Waals surface area contributed by atoms with Crippen LogP contribution in [0.15, 0.2) is 25.3 Å². The number of unbranched alkanes of at least 4 members (excludes halogenated alkanes) is 20. The van der Waals surface area contributed by atoms with Crippen LogP contribution in [0.25, 0.3) is 0 Å². The Labute approximate surface area is 492 Å². The van der Waals surface area contributed by atoms with Crippen LogP contribution in [0, 0.1) is 0 Å². The number of hydrogen-bond donors (Lipinski definition) is 4. The Kier molecular flexibility index (Phi) is 57.3. The van der Waals surface area contributed by atoms with Crippen molar-refractivity contribution in [1.82, 2.24) is 25.3 Å². The fourth-order valence-corrected chi connectivity index (χ4v) is 12.1. The van der Waals surface area contributed by atoms with Crippen molar-refractivity contribution in [2.75, 3.05) is 59.3 Å². The Hall–Kier alpha value is -2.10. The van der Waals surface area contributed by atoms with Crippen LogP contribution in [0.2, 0.25) is 0 Å². The molecule has 80 heavy (non-hydrogen) atoms. The van der Waals surface area contributed by atoms with Crippen LogP contribution in [0.5, 0.6) is 0 Å². The van der Waals surface area contributed by atoms with Gasteiger partial charge in [0.1, 0.15) is 11.9 Å². The Bertz CT molecular complexity index is 1420. The molecule has 0 fully saturated rings. The highest BCUT2D eigenvalue weighted by Gasteiger charge is 2.28. The molecule has 0 heterocycles. The first kappa shape index (κ1) is 80.0. The second-order valence-electron chi connectivity index (χ2n) is 22.1. The molecule has 16 nitrogen and oxygen atoms in total. The third kappa shape index (κ3) is 48.3. The molecule has 4 atom stereocenters. The normalized spacial score (nSPS) is 13.1. The van der Waals surface area contributed by atoms with Crippen LogP contribution in [0.4, 0.5) is 4.79 Å². The van der Waals surface area contributed by atoms with E-state index in [0.29, 0.717) is 65.4 Å². The standard InChI is InChI=1S/C39H75NO6.C23H48N4O5P2/c1-4-7-10-13-15-17-19-22-24-27-36(42)32-38(43)40-35(33-41)34-45-31-30-37(28-25-21-12-9-6-3)46-39(44)29-26-23-20-18-16-14-11-8-5-2;1-11-15-29-33(26(19(3)4)20(5)6)31-17-13-24-23(28)25-14-18-32-34(30-16-12-2)27(21(7)8)22(9)10/h35,37,41H,4-34H2,1-3H3,(H,40,43);11-12,19-22H,1-2,13-18H2,3-10H3,(H2,24,25,28)/t35-,37-;/m0./s1. The number of carbonyl (C=O) groups excluding carboxylic acids is 4. The quantitative estimate of drug-likeness (QED) is 0.0148. The highest BCUT2D eigenvalue weighted by atomic mass is 31.2. The number of carbonyl (C=O) groups is 4. The van der Waals surface area contributed by atoms with Crippen LogP contribution in [0.1, 0.15) is 256 Å². The van der Waals surface area contributed by atoms with Gasteiger partial charge in [0.05, 0.1) is 58.7 Å². The number of ketones is 1. The van der Waals surface area contributed by atoms with E-state index in [1.807, 2.05) is 0 Å². The monoisotopic (exact) mass is 1180 g/mol. The maximum Gasteiger partial charge on any atom is 0.314 e. The highest BCUT2D eigenvalue weighted by Crippen LogP contribution is 2.46. The van der Waals surface area contributed by atoms with E-state index in [0.717, 1.165) is 51.4 Å². The number of aliphatic hydroxyl groups excluding tert-OH is 1. The average Bonchev–Trinajstić information content (AvgIpc) is 3.41. The maximum atomic E-state index is 12.6. The third-order valence-electron chi connectivity index (χ3n) is 13.1. The zero-order chi connectivity index (χ0) is 60.0. The molecule has 0 radical (unpaired) electrons. The summed E-state index contributed by atoms with van der Waals surface area (Å²) < 4.78 is 39.7. The van der Waals surface area contributed by atoms with Crippen molar-refractivity contribution < 1.29 is 51.9 Å². The summed E-state index contributed by atoms with van der Waals surface area (Å²) in [6.07, 6.45) is 32.9. The molecule has 4 N–H and O–H groups in total. The lowest BCUT2D eigenvalue weighted by Gasteiger charge is -2.35. The van der Waals surface area contributed by atoms with Gasteiger partial charge >= 0.3 is 12.0 Å². The van der Waals surface area contributed by atoms with Crippen molar-refractivity contribution in [3.05, 3.63) is 25.3 Å². The van der Waals surface area contributed by atoms with Gasteiger partial charge in [-0.05, 0) is 81.1 Å². The van der Waals surface area contributed by atoms with Crippen LogP contribution >= 0.6 is 17.1 Å². The molecule has 0 rings (SSSR count). The summed E-state index contributed by atoms with van der Waals surface area (Å²) in [5, 5.41) is 18.1. The molecule has 0 saturated heterocycles. The van der Waals surface area contributed by atoms with Crippen LogP contribution in [0.3, 0.4) is 0 Å². The summed E-state index contributed by atoms with van der Waals surface area (Å²) in [6, 6.07) is 0.264. The van der Waals surface area contributed by atoms with E-state index in [-0.39, 0.29) is 73.6 Å². The Morgan fingerprint density at radius 1 is 0.525 bits per heavy atom. The smallest absolute Gasteiger partial charge is 0.314 e. The number of esters is 1. The Morgan fingerprint density at radius 2 is 0.925 bits per heavy atom. The lowest BCUT2D eigenvalue weighted by Crippen LogP contribution is -2.41. The lowest BCUT2D eigenvalue weighted by atomic mass is 10.0. The van der Waals surface area contributed by atoms with Gasteiger partial charge in [-0.2, -0.15) is 0 Å². The first-order valence-corrected chi connectivity index (χ1v) is 33.9. The van der Waals surface area contributed by atoms with Gasteiger partial charge in [0.2, 0.25) is 5.91 Å². The number of Topliss-reactive ketones (excluding diaryl/α,β-unsaturated/α-hetero) is 1. The molecule has 0 saturated carbocycles. The maximum absolute atomic E-state index is 12.6. The van der Waals surface area contributed by atoms with Gasteiger partial charge in [-0.15, -0.1) is 13.2 Å². The second kappa shape index (κ2) is 57.3. The minimum atomic E-state index is -1.24. The lowest BCUT2D eigenvalue weighted by molar-refractivity contribution is -0.150. The minimum Gasteiger partial charge on any atom is -0.462 e. The molecule has 0 aliphatic carbocycles. The molecule has 0 bridgehead atoms. The minimum absolute atomic E-state index is 0.0518. The molecule has 472 valence electrons. The molecule has 18 heteroatoms. The number of rotatable bonds is 56. The number of urea groups is 1. The van der Waals surface area contributed by atoms with E-state index in [2.05, 4.69) is 115 Å². The second-order valence-corrected chi connectivity index (χ2v) is 25.0. The fourth-order valence-electron chi connectivity index (χ4n) is 8.98. The Balaban J connectivity index is 0. The van der Waals surface area contributed by atoms with Gasteiger partial charge < -0.3 is 48.6 Å². The van der Waals surface area contributed by atoms with Crippen LogP contribution in [-0.4, -0.2) is 134 Å². The summed E-state index contributed by atoms with van der Waals surface area (Å²) >= 11 is 0. The SMILES string of the molecule is C=CCOP(OCCNC(=O)NCCOP(OCC=C)N(C(C)C)C(C)C)N(C(C)C)C(C)C.CCCCCCCCCCCC(=O)CC(=O)N[C@@H](CO)COCC[C@H](CCCCCCC)OC(=O)CCCCCCCCCCC. The number of hydrogen-bond acceptors (Lipinski definition) is 13. The van der Waals surface area contributed by atoms with Crippen molar-refractivity contribution >= 4 is 40.7 Å². The zero-order valence-corrected chi connectivity index (χ0v) is 54.8. The first-order chi connectivity index (χ1) is 38.5. The number of amides is 3. The van der Waals surface area contributed by atoms with Crippen molar-refractivity contribution in [2.24, 2.45) is 0 Å². The first-order valence-electron chi connectivity index (χ1n) is 31.6. The van der Waals surface area contributed by atoms with Crippen LogP contribution in [-0.2, 0) is 42.0 Å². The molecule has 0 aromatic carbocycles. The molecule has 0 aromatic rings. The summed E-state index contributed by atoms with van der Waals surface area (Å²) in [6.45, 7) is 33.5. The predicted octanol–water partition coefficient (Wildman–Crippen LogP) is 15.4. The molecule has 0 spiro atoms. The van der Waals surface area contributed by atoms with E-state index >= 15 is 0 Å². The number of nitrogens with zero attached hydrogens (tertiary/aromatic N) is 2. The van der Waals surface area contributed by atoms with Crippen molar-refractivity contribution in [3.8, 4) is 0 Å². The molecule has 0 aliphatic heterocycles. The number of aliphatic hydroxyl groups is 1. The van der Waals surface area contributed by atoms with Crippen molar-refractivity contribution in [1.29, 1.82) is 0 Å². The third-order valence-corrected chi connectivity index (χ3v) is 17.2. The van der Waals surface area contributed by atoms with Gasteiger partial charge in [0, 0.05) is 56.5 Å². The predicted molar refractivity (Wildman–Crippen MR) is 335 cm³/mol. The largest absolute Gasteiger partial charge is 0.462 e. The Morgan fingerprint density at radius 3 is 1.32 bits per heavy atom. The fraction of sp³-hybridized carbons (Fsp3) is 0.871. The van der Waals surface area contributed by atoms with E-state index in [9.17, 15) is 24.3 Å². The van der Waals surface area contributed by atoms with E-state index in [1.165, 1.54) is 103 Å². The van der Waals surface area contributed by atoms with E-state index in [1.54, 1.807) is 12.2 Å². The molecule has 2 unspecified atom stereocenters. The summed E-state index contributed by atoms with van der Waals surface area (Å²) in [5.74, 6) is -0.530. The molecular weight excluding hydrogens is 1050 g/mol. The molecule has 0 aromatic heterocycles. The van der Waals surface area contributed by atoms with Gasteiger partial charge in [0.15, 0.2) is 0 Å². The summed E-state index contributed by atoms with van der Waals surface area (Å²) in [7, 11) is -2.47. The molecule has 3 amide bonds. The van der Waals surface area contributed by atoms with Gasteiger partial charge in [-0.25, -0.2) is 14.1 Å². The summed E-state index contributed by atoms with van der Waals surface area (Å²) in [5.41, 5.74) is 0.